The van der Waals surface area contributed by atoms with Gasteiger partial charge in [-0.25, -0.2) is 0 Å². The minimum Gasteiger partial charge on any atom is -0.396 e. The zero-order valence-electron chi connectivity index (χ0n) is 9.48. The molecule has 1 saturated heterocycles. The maximum Gasteiger partial charge on any atom is 0.239 e. The van der Waals surface area contributed by atoms with Gasteiger partial charge < -0.3 is 15.7 Å². The van der Waals surface area contributed by atoms with E-state index in [1.54, 1.807) is 0 Å². The van der Waals surface area contributed by atoms with Gasteiger partial charge in [0.25, 0.3) is 0 Å². The van der Waals surface area contributed by atoms with Gasteiger partial charge in [-0.2, -0.15) is 0 Å². The molecule has 0 aromatic rings. The number of nitrogens with two attached hydrogens (primary N) is 1. The Morgan fingerprint density at radius 1 is 1.60 bits per heavy atom. The van der Waals surface area contributed by atoms with Crippen LogP contribution in [0.3, 0.4) is 0 Å². The summed E-state index contributed by atoms with van der Waals surface area (Å²) in [6, 6.07) is -0.168. The third kappa shape index (κ3) is 3.18. The van der Waals surface area contributed by atoms with Gasteiger partial charge in [0, 0.05) is 19.2 Å². The van der Waals surface area contributed by atoms with E-state index in [0.29, 0.717) is 12.8 Å². The highest BCUT2D eigenvalue weighted by molar-refractivity contribution is 5.82. The summed E-state index contributed by atoms with van der Waals surface area (Å²) in [7, 11) is 0. The van der Waals surface area contributed by atoms with Gasteiger partial charge in [0.05, 0.1) is 6.04 Å². The van der Waals surface area contributed by atoms with Crippen molar-refractivity contribution in [3.63, 3.8) is 0 Å². The van der Waals surface area contributed by atoms with Crippen LogP contribution in [0, 0.1) is 0 Å². The molecule has 1 fully saturated rings. The minimum absolute atomic E-state index is 0.0515. The molecule has 0 aliphatic carbocycles. The van der Waals surface area contributed by atoms with Crippen LogP contribution in [0.15, 0.2) is 0 Å². The van der Waals surface area contributed by atoms with Gasteiger partial charge in [0.15, 0.2) is 0 Å². The maximum atomic E-state index is 11.9. The second kappa shape index (κ2) is 6.08. The SMILES string of the molecule is CC[C@@H](N)C(=O)N1CCCCC1CCO. The average molecular weight is 214 g/mol. The van der Waals surface area contributed by atoms with E-state index in [1.165, 1.54) is 0 Å². The Kier molecular flexibility index (Phi) is 5.05. The fourth-order valence-electron chi connectivity index (χ4n) is 2.13. The molecule has 4 heteroatoms. The van der Waals surface area contributed by atoms with E-state index in [-0.39, 0.29) is 24.6 Å². The molecule has 0 aromatic carbocycles. The lowest BCUT2D eigenvalue weighted by molar-refractivity contribution is -0.136. The average Bonchev–Trinajstić information content (AvgIpc) is 2.28. The maximum absolute atomic E-state index is 11.9. The zero-order chi connectivity index (χ0) is 11.3. The summed E-state index contributed by atoms with van der Waals surface area (Å²) in [6.07, 6.45) is 4.58. The van der Waals surface area contributed by atoms with Gasteiger partial charge in [-0.3, -0.25) is 4.79 Å². The van der Waals surface area contributed by atoms with Crippen LogP contribution in [0.1, 0.15) is 39.0 Å². The molecular formula is C11H22N2O2. The largest absolute Gasteiger partial charge is 0.396 e. The molecule has 1 rings (SSSR count). The predicted molar refractivity (Wildman–Crippen MR) is 59.3 cm³/mol. The van der Waals surface area contributed by atoms with Crippen molar-refractivity contribution in [1.29, 1.82) is 0 Å². The number of hydrogen-bond donors (Lipinski definition) is 2. The molecule has 0 spiro atoms. The first kappa shape index (κ1) is 12.5. The van der Waals surface area contributed by atoms with Crippen molar-refractivity contribution in [1.82, 2.24) is 4.90 Å². The third-order valence-corrected chi connectivity index (χ3v) is 3.13. The van der Waals surface area contributed by atoms with Crippen LogP contribution in [0.4, 0.5) is 0 Å². The second-order valence-corrected chi connectivity index (χ2v) is 4.21. The quantitative estimate of drug-likeness (QED) is 0.715. The van der Waals surface area contributed by atoms with Crippen LogP contribution in [0.2, 0.25) is 0 Å². The van der Waals surface area contributed by atoms with Crippen molar-refractivity contribution < 1.29 is 9.90 Å². The fourth-order valence-corrected chi connectivity index (χ4v) is 2.13. The first-order valence-electron chi connectivity index (χ1n) is 5.87. The lowest BCUT2D eigenvalue weighted by atomic mass is 9.98. The predicted octanol–water partition coefficient (Wildman–Crippen LogP) is 0.487. The summed E-state index contributed by atoms with van der Waals surface area (Å²) >= 11 is 0. The first-order valence-corrected chi connectivity index (χ1v) is 5.87. The Hall–Kier alpha value is -0.610. The Labute approximate surface area is 91.4 Å². The number of aliphatic hydroxyl groups is 1. The van der Waals surface area contributed by atoms with Crippen LogP contribution in [0.25, 0.3) is 0 Å². The molecule has 1 unspecified atom stereocenters. The number of aliphatic hydroxyl groups excluding tert-OH is 1. The number of carbonyl (C=O) groups excluding carboxylic acids is 1. The molecular weight excluding hydrogens is 192 g/mol. The smallest absolute Gasteiger partial charge is 0.239 e. The summed E-state index contributed by atoms with van der Waals surface area (Å²) in [4.78, 5) is 13.8. The number of amides is 1. The Balaban J connectivity index is 2.58. The Bertz CT molecular complexity index is 207. The topological polar surface area (TPSA) is 66.6 Å². The van der Waals surface area contributed by atoms with Gasteiger partial charge in [-0.05, 0) is 32.1 Å². The van der Waals surface area contributed by atoms with E-state index in [1.807, 2.05) is 11.8 Å². The Morgan fingerprint density at radius 3 is 2.93 bits per heavy atom. The second-order valence-electron chi connectivity index (χ2n) is 4.21. The van der Waals surface area contributed by atoms with Gasteiger partial charge in [0.2, 0.25) is 5.91 Å². The molecule has 15 heavy (non-hydrogen) atoms. The van der Waals surface area contributed by atoms with E-state index in [9.17, 15) is 4.79 Å². The van der Waals surface area contributed by atoms with Crippen LogP contribution in [-0.4, -0.2) is 41.1 Å². The first-order chi connectivity index (χ1) is 7.20. The van der Waals surface area contributed by atoms with Crippen molar-refractivity contribution in [2.45, 2.75) is 51.1 Å². The molecule has 0 bridgehead atoms. The number of likely N-dealkylation sites (tertiary alicyclic amines) is 1. The normalized spacial score (nSPS) is 23.9. The molecule has 1 amide bonds. The van der Waals surface area contributed by atoms with Crippen LogP contribution < -0.4 is 5.73 Å². The van der Waals surface area contributed by atoms with Crippen molar-refractivity contribution in [3.05, 3.63) is 0 Å². The summed E-state index contributed by atoms with van der Waals surface area (Å²) < 4.78 is 0. The molecule has 3 N–H and O–H groups in total. The molecule has 2 atom stereocenters. The van der Waals surface area contributed by atoms with Crippen LogP contribution in [0.5, 0.6) is 0 Å². The van der Waals surface area contributed by atoms with Crippen LogP contribution >= 0.6 is 0 Å². The molecule has 1 aliphatic rings. The standard InChI is InChI=1S/C11H22N2O2/c1-2-10(12)11(15)13-7-4-3-5-9(13)6-8-14/h9-10,14H,2-8,12H2,1H3/t9?,10-/m1/s1. The van der Waals surface area contributed by atoms with Gasteiger partial charge in [0.1, 0.15) is 0 Å². The van der Waals surface area contributed by atoms with Crippen LogP contribution in [-0.2, 0) is 4.79 Å². The molecule has 0 aromatic heterocycles. The van der Waals surface area contributed by atoms with E-state index in [4.69, 9.17) is 10.8 Å². The summed E-state index contributed by atoms with van der Waals surface area (Å²) in [5.74, 6) is 0.0515. The number of piperidine rings is 1. The third-order valence-electron chi connectivity index (χ3n) is 3.13. The zero-order valence-corrected chi connectivity index (χ0v) is 9.48. The van der Waals surface area contributed by atoms with Gasteiger partial charge >= 0.3 is 0 Å². The van der Waals surface area contributed by atoms with E-state index < -0.39 is 0 Å². The van der Waals surface area contributed by atoms with Crippen molar-refractivity contribution in [2.75, 3.05) is 13.2 Å². The summed E-state index contributed by atoms with van der Waals surface area (Å²) in [5, 5.41) is 8.94. The number of nitrogens with zero attached hydrogens (tertiary/aromatic N) is 1. The lowest BCUT2D eigenvalue weighted by Crippen LogP contribution is -2.50. The van der Waals surface area contributed by atoms with E-state index >= 15 is 0 Å². The van der Waals surface area contributed by atoms with Crippen molar-refractivity contribution >= 4 is 5.91 Å². The highest BCUT2D eigenvalue weighted by Gasteiger charge is 2.28. The van der Waals surface area contributed by atoms with Crippen molar-refractivity contribution in [2.24, 2.45) is 5.73 Å². The van der Waals surface area contributed by atoms with Gasteiger partial charge in [-0.1, -0.05) is 6.92 Å². The number of carbonyl (C=O) groups is 1. The Morgan fingerprint density at radius 2 is 2.33 bits per heavy atom. The lowest BCUT2D eigenvalue weighted by Gasteiger charge is -2.37. The van der Waals surface area contributed by atoms with E-state index in [2.05, 4.69) is 0 Å². The highest BCUT2D eigenvalue weighted by Crippen LogP contribution is 2.20. The molecule has 1 aliphatic heterocycles. The fraction of sp³-hybridized carbons (Fsp3) is 0.909. The summed E-state index contributed by atoms with van der Waals surface area (Å²) in [5.41, 5.74) is 5.75. The minimum atomic E-state index is -0.371. The highest BCUT2D eigenvalue weighted by atomic mass is 16.3. The molecule has 4 nitrogen and oxygen atoms in total. The number of hydrogen-bond acceptors (Lipinski definition) is 3. The monoisotopic (exact) mass is 214 g/mol. The number of rotatable bonds is 4. The molecule has 0 radical (unpaired) electrons. The van der Waals surface area contributed by atoms with E-state index in [0.717, 1.165) is 25.8 Å². The summed E-state index contributed by atoms with van der Waals surface area (Å²) in [6.45, 7) is 2.88. The molecule has 88 valence electrons. The van der Waals surface area contributed by atoms with Gasteiger partial charge in [-0.15, -0.1) is 0 Å². The molecule has 0 saturated carbocycles. The molecule has 1 heterocycles. The van der Waals surface area contributed by atoms with Crippen molar-refractivity contribution in [3.8, 4) is 0 Å².